The molecule has 1 rings (SSSR count). The molecule has 0 aliphatic carbocycles. The van der Waals surface area contributed by atoms with Gasteiger partial charge in [-0.15, -0.1) is 0 Å². The zero-order valence-electron chi connectivity index (χ0n) is 8.18. The molecule has 0 amide bonds. The van der Waals surface area contributed by atoms with Crippen LogP contribution in [0, 0.1) is 0 Å². The van der Waals surface area contributed by atoms with Gasteiger partial charge in [0.05, 0.1) is 11.6 Å². The first-order valence-corrected chi connectivity index (χ1v) is 5.16. The quantitative estimate of drug-likeness (QED) is 0.791. The smallest absolute Gasteiger partial charge is 0.133 e. The largest absolute Gasteiger partial charge is 0.496 e. The number of hydrogen-bond acceptors (Lipinski definition) is 1. The zero-order chi connectivity index (χ0) is 10.6. The van der Waals surface area contributed by atoms with Crippen LogP contribution in [0.5, 0.6) is 5.75 Å². The Morgan fingerprint density at radius 1 is 1.57 bits per heavy atom. The van der Waals surface area contributed by atoms with E-state index in [1.807, 2.05) is 12.1 Å². The minimum atomic E-state index is -0.123. The minimum Gasteiger partial charge on any atom is -0.496 e. The van der Waals surface area contributed by atoms with E-state index in [0.717, 1.165) is 15.8 Å². The molecule has 14 heavy (non-hydrogen) atoms. The van der Waals surface area contributed by atoms with E-state index >= 15 is 0 Å². The van der Waals surface area contributed by atoms with Gasteiger partial charge in [0.1, 0.15) is 11.6 Å². The van der Waals surface area contributed by atoms with Crippen LogP contribution >= 0.6 is 15.9 Å². The molecule has 1 aromatic rings. The summed E-state index contributed by atoms with van der Waals surface area (Å²) < 4.78 is 18.8. The molecule has 0 unspecified atom stereocenters. The van der Waals surface area contributed by atoms with E-state index in [1.54, 1.807) is 20.1 Å². The zero-order valence-corrected chi connectivity index (χ0v) is 9.77. The highest BCUT2D eigenvalue weighted by molar-refractivity contribution is 9.10. The van der Waals surface area contributed by atoms with E-state index in [9.17, 15) is 4.39 Å². The van der Waals surface area contributed by atoms with Gasteiger partial charge in [-0.3, -0.25) is 0 Å². The molecule has 1 aromatic carbocycles. The number of ether oxygens (including phenoxy) is 1. The predicted octanol–water partition coefficient (Wildman–Crippen LogP) is 4.18. The van der Waals surface area contributed by atoms with Gasteiger partial charge in [-0.2, -0.15) is 0 Å². The van der Waals surface area contributed by atoms with Gasteiger partial charge in [-0.1, -0.05) is 13.0 Å². The van der Waals surface area contributed by atoms with E-state index in [0.29, 0.717) is 6.42 Å². The first-order chi connectivity index (χ1) is 6.67. The fourth-order valence-corrected chi connectivity index (χ4v) is 1.61. The summed E-state index contributed by atoms with van der Waals surface area (Å²) in [5, 5.41) is 0. The number of allylic oxidation sites excluding steroid dienone is 1. The van der Waals surface area contributed by atoms with Gasteiger partial charge in [0.15, 0.2) is 0 Å². The number of benzene rings is 1. The SMILES string of the molecule is CC/C(F)=C/c1ccc(OC)c(Br)c1. The van der Waals surface area contributed by atoms with E-state index in [4.69, 9.17) is 4.74 Å². The van der Waals surface area contributed by atoms with Crippen molar-refractivity contribution in [2.24, 2.45) is 0 Å². The van der Waals surface area contributed by atoms with Gasteiger partial charge >= 0.3 is 0 Å². The topological polar surface area (TPSA) is 9.23 Å². The molecule has 0 heterocycles. The van der Waals surface area contributed by atoms with Crippen LogP contribution in [0.3, 0.4) is 0 Å². The lowest BCUT2D eigenvalue weighted by Gasteiger charge is -2.03. The summed E-state index contributed by atoms with van der Waals surface area (Å²) in [4.78, 5) is 0. The molecule has 0 fully saturated rings. The first-order valence-electron chi connectivity index (χ1n) is 4.37. The second kappa shape index (κ2) is 5.15. The summed E-state index contributed by atoms with van der Waals surface area (Å²) in [7, 11) is 1.60. The van der Waals surface area contributed by atoms with Gasteiger partial charge < -0.3 is 4.74 Å². The molecule has 0 aliphatic heterocycles. The molecule has 0 N–H and O–H groups in total. The maximum atomic E-state index is 12.9. The highest BCUT2D eigenvalue weighted by Gasteiger charge is 2.00. The molecule has 0 bridgehead atoms. The number of halogens is 2. The van der Waals surface area contributed by atoms with Crippen LogP contribution in [0.2, 0.25) is 0 Å². The lowest BCUT2D eigenvalue weighted by Crippen LogP contribution is -1.84. The van der Waals surface area contributed by atoms with E-state index in [-0.39, 0.29) is 5.83 Å². The van der Waals surface area contributed by atoms with Crippen LogP contribution in [0.4, 0.5) is 4.39 Å². The van der Waals surface area contributed by atoms with Crippen molar-refractivity contribution in [3.8, 4) is 5.75 Å². The average molecular weight is 259 g/mol. The fourth-order valence-electron chi connectivity index (χ4n) is 1.06. The summed E-state index contributed by atoms with van der Waals surface area (Å²) in [6.07, 6.45) is 1.94. The van der Waals surface area contributed by atoms with E-state index in [2.05, 4.69) is 15.9 Å². The fraction of sp³-hybridized carbons (Fsp3) is 0.273. The van der Waals surface area contributed by atoms with Gasteiger partial charge in [0.2, 0.25) is 0 Å². The normalized spacial score (nSPS) is 11.6. The summed E-state index contributed by atoms with van der Waals surface area (Å²) in [6.45, 7) is 1.78. The Morgan fingerprint density at radius 2 is 2.29 bits per heavy atom. The molecule has 1 nitrogen and oxygen atoms in total. The van der Waals surface area contributed by atoms with Gasteiger partial charge in [0, 0.05) is 0 Å². The Balaban J connectivity index is 2.97. The van der Waals surface area contributed by atoms with Crippen molar-refractivity contribution in [3.63, 3.8) is 0 Å². The van der Waals surface area contributed by atoms with Gasteiger partial charge in [0.25, 0.3) is 0 Å². The summed E-state index contributed by atoms with van der Waals surface area (Å²) in [5.74, 6) is 0.626. The Hall–Kier alpha value is -0.830. The third kappa shape index (κ3) is 2.84. The van der Waals surface area contributed by atoms with Crippen LogP contribution in [-0.4, -0.2) is 7.11 Å². The van der Waals surface area contributed by atoms with Gasteiger partial charge in [-0.05, 0) is 46.1 Å². The van der Waals surface area contributed by atoms with Crippen molar-refractivity contribution in [1.29, 1.82) is 0 Å². The number of methoxy groups -OCH3 is 1. The Labute approximate surface area is 91.7 Å². The molecule has 0 aliphatic rings. The lowest BCUT2D eigenvalue weighted by atomic mass is 10.2. The van der Waals surface area contributed by atoms with Crippen LogP contribution in [0.25, 0.3) is 6.08 Å². The maximum Gasteiger partial charge on any atom is 0.133 e. The van der Waals surface area contributed by atoms with Crippen LogP contribution in [0.1, 0.15) is 18.9 Å². The second-order valence-electron chi connectivity index (χ2n) is 2.84. The van der Waals surface area contributed by atoms with E-state index < -0.39 is 0 Å². The standard InChI is InChI=1S/C11H12BrFO/c1-3-9(13)6-8-4-5-11(14-2)10(12)7-8/h4-7H,3H2,1-2H3/b9-6-. The number of hydrogen-bond donors (Lipinski definition) is 0. The van der Waals surface area contributed by atoms with Crippen molar-refractivity contribution in [3.05, 3.63) is 34.1 Å². The molecular weight excluding hydrogens is 247 g/mol. The molecule has 0 atom stereocenters. The molecule has 0 saturated carbocycles. The maximum absolute atomic E-state index is 12.9. The average Bonchev–Trinajstić information content (AvgIpc) is 2.18. The predicted molar refractivity (Wildman–Crippen MR) is 60.1 cm³/mol. The highest BCUT2D eigenvalue weighted by Crippen LogP contribution is 2.26. The van der Waals surface area contributed by atoms with Crippen LogP contribution in [-0.2, 0) is 0 Å². The summed E-state index contributed by atoms with van der Waals surface area (Å²) in [5.41, 5.74) is 0.831. The third-order valence-corrected chi connectivity index (χ3v) is 2.46. The second-order valence-corrected chi connectivity index (χ2v) is 3.69. The van der Waals surface area contributed by atoms with Crippen molar-refractivity contribution >= 4 is 22.0 Å². The molecule has 76 valence electrons. The Morgan fingerprint density at radius 3 is 2.79 bits per heavy atom. The van der Waals surface area contributed by atoms with Gasteiger partial charge in [-0.25, -0.2) is 4.39 Å². The molecular formula is C11H12BrFO. The van der Waals surface area contributed by atoms with Crippen molar-refractivity contribution in [1.82, 2.24) is 0 Å². The minimum absolute atomic E-state index is 0.123. The molecule has 0 spiro atoms. The summed E-state index contributed by atoms with van der Waals surface area (Å²) >= 11 is 3.34. The summed E-state index contributed by atoms with van der Waals surface area (Å²) in [6, 6.07) is 5.45. The van der Waals surface area contributed by atoms with Crippen molar-refractivity contribution in [2.75, 3.05) is 7.11 Å². The molecule has 0 radical (unpaired) electrons. The van der Waals surface area contributed by atoms with Crippen molar-refractivity contribution < 1.29 is 9.13 Å². The Bertz CT molecular complexity index is 347. The van der Waals surface area contributed by atoms with Crippen LogP contribution in [0.15, 0.2) is 28.5 Å². The first kappa shape index (κ1) is 11.2. The third-order valence-electron chi connectivity index (χ3n) is 1.84. The number of rotatable bonds is 3. The molecule has 3 heteroatoms. The molecule has 0 aromatic heterocycles. The highest BCUT2D eigenvalue weighted by atomic mass is 79.9. The van der Waals surface area contributed by atoms with Crippen LogP contribution < -0.4 is 4.74 Å². The lowest BCUT2D eigenvalue weighted by molar-refractivity contribution is 0.412. The van der Waals surface area contributed by atoms with Crippen molar-refractivity contribution in [2.45, 2.75) is 13.3 Å². The molecule has 0 saturated heterocycles. The Kier molecular flexibility index (Phi) is 4.14. The monoisotopic (exact) mass is 258 g/mol. The van der Waals surface area contributed by atoms with E-state index in [1.165, 1.54) is 6.08 Å².